The van der Waals surface area contributed by atoms with Gasteiger partial charge in [0.1, 0.15) is 18.9 Å². The molecule has 0 fully saturated rings. The van der Waals surface area contributed by atoms with Gasteiger partial charge < -0.3 is 4.74 Å². The highest BCUT2D eigenvalue weighted by Crippen LogP contribution is 2.28. The van der Waals surface area contributed by atoms with Gasteiger partial charge in [0, 0.05) is 10.6 Å². The van der Waals surface area contributed by atoms with Gasteiger partial charge >= 0.3 is 0 Å². The second kappa shape index (κ2) is 12.4. The van der Waals surface area contributed by atoms with Gasteiger partial charge in [-0.25, -0.2) is 13.8 Å². The fourth-order valence-electron chi connectivity index (χ4n) is 3.57. The smallest absolute Gasteiger partial charge is 0.264 e. The molecule has 1 amide bonds. The topological polar surface area (TPSA) is 88.1 Å². The number of rotatable bonds is 10. The van der Waals surface area contributed by atoms with Crippen molar-refractivity contribution in [3.63, 3.8) is 0 Å². The van der Waals surface area contributed by atoms with Crippen molar-refractivity contribution in [3.05, 3.63) is 125 Å². The minimum absolute atomic E-state index is 0.0532. The van der Waals surface area contributed by atoms with Gasteiger partial charge in [-0.15, -0.1) is 0 Å². The van der Waals surface area contributed by atoms with Gasteiger partial charge in [-0.3, -0.25) is 9.10 Å². The van der Waals surface area contributed by atoms with E-state index in [1.807, 2.05) is 49.4 Å². The van der Waals surface area contributed by atoms with Crippen LogP contribution in [0.2, 0.25) is 5.02 Å². The lowest BCUT2D eigenvalue weighted by Crippen LogP contribution is -2.39. The number of anilines is 1. The lowest BCUT2D eigenvalue weighted by atomic mass is 10.2. The number of hydrazone groups is 1. The van der Waals surface area contributed by atoms with Crippen molar-refractivity contribution < 1.29 is 17.9 Å². The Labute approximate surface area is 227 Å². The Kier molecular flexibility index (Phi) is 8.78. The molecule has 4 aromatic rings. The van der Waals surface area contributed by atoms with Crippen LogP contribution in [0, 0.1) is 6.92 Å². The lowest BCUT2D eigenvalue weighted by molar-refractivity contribution is -0.119. The molecule has 7 nitrogen and oxygen atoms in total. The number of carbonyl (C=O) groups excluding carboxylic acids is 1. The fourth-order valence-corrected chi connectivity index (χ4v) is 5.17. The molecular weight excluding hydrogens is 522 g/mol. The molecule has 0 aliphatic carbocycles. The van der Waals surface area contributed by atoms with E-state index in [4.69, 9.17) is 16.3 Å². The van der Waals surface area contributed by atoms with Gasteiger partial charge in [-0.2, -0.15) is 5.10 Å². The molecular formula is C29H26ClN3O4S. The average molecular weight is 548 g/mol. The summed E-state index contributed by atoms with van der Waals surface area (Å²) in [5.74, 6) is -0.0305. The molecule has 0 aromatic heterocycles. The number of ether oxygens (including phenoxy) is 1. The predicted molar refractivity (Wildman–Crippen MR) is 150 cm³/mol. The number of para-hydroxylation sites is 1. The summed E-state index contributed by atoms with van der Waals surface area (Å²) in [6.45, 7) is 1.69. The van der Waals surface area contributed by atoms with Crippen LogP contribution in [-0.4, -0.2) is 27.1 Å². The molecule has 0 aliphatic rings. The monoisotopic (exact) mass is 547 g/mol. The van der Waals surface area contributed by atoms with Gasteiger partial charge in [0.25, 0.3) is 15.9 Å². The van der Waals surface area contributed by atoms with E-state index in [-0.39, 0.29) is 10.6 Å². The highest BCUT2D eigenvalue weighted by Gasteiger charge is 2.27. The maximum Gasteiger partial charge on any atom is 0.264 e. The SMILES string of the molecule is Cc1ccc(N(CC(=O)N/N=C\c2ccccc2OCc2ccccc2)S(=O)(=O)c2ccccc2)cc1Cl. The molecule has 4 aromatic carbocycles. The van der Waals surface area contributed by atoms with Gasteiger partial charge in [0.2, 0.25) is 0 Å². The molecule has 0 heterocycles. The van der Waals surface area contributed by atoms with E-state index < -0.39 is 22.5 Å². The summed E-state index contributed by atoms with van der Waals surface area (Å²) in [7, 11) is -4.05. The molecule has 0 spiro atoms. The zero-order valence-corrected chi connectivity index (χ0v) is 22.2. The molecule has 0 bridgehead atoms. The Balaban J connectivity index is 1.50. The van der Waals surface area contributed by atoms with Crippen molar-refractivity contribution >= 4 is 39.4 Å². The van der Waals surface area contributed by atoms with E-state index in [0.29, 0.717) is 22.9 Å². The van der Waals surface area contributed by atoms with Gasteiger partial charge in [0.15, 0.2) is 0 Å². The first-order chi connectivity index (χ1) is 18.3. The molecule has 0 saturated carbocycles. The second-order valence-corrected chi connectivity index (χ2v) is 10.6. The van der Waals surface area contributed by atoms with E-state index in [1.165, 1.54) is 24.4 Å². The Morgan fingerprint density at radius 1 is 0.947 bits per heavy atom. The number of nitrogens with zero attached hydrogens (tertiary/aromatic N) is 2. The van der Waals surface area contributed by atoms with Gasteiger partial charge in [-0.05, 0) is 54.4 Å². The van der Waals surface area contributed by atoms with Gasteiger partial charge in [-0.1, -0.05) is 78.3 Å². The molecule has 0 aliphatic heterocycles. The summed E-state index contributed by atoms with van der Waals surface area (Å²) in [5.41, 5.74) is 5.14. The third-order valence-electron chi connectivity index (χ3n) is 5.61. The Bertz CT molecular complexity index is 1530. The summed E-state index contributed by atoms with van der Waals surface area (Å²) < 4.78 is 33.8. The first-order valence-electron chi connectivity index (χ1n) is 11.8. The summed E-state index contributed by atoms with van der Waals surface area (Å²) in [6, 6.07) is 29.8. The molecule has 1 N–H and O–H groups in total. The van der Waals surface area contributed by atoms with Crippen molar-refractivity contribution in [2.24, 2.45) is 5.10 Å². The Morgan fingerprint density at radius 3 is 2.32 bits per heavy atom. The maximum atomic E-state index is 13.4. The Morgan fingerprint density at radius 2 is 1.61 bits per heavy atom. The summed E-state index contributed by atoms with van der Waals surface area (Å²) in [4.78, 5) is 12.9. The number of aryl methyl sites for hydroxylation is 1. The zero-order chi connectivity index (χ0) is 27.0. The van der Waals surface area contributed by atoms with Crippen LogP contribution in [0.5, 0.6) is 5.75 Å². The fraction of sp³-hybridized carbons (Fsp3) is 0.103. The van der Waals surface area contributed by atoms with Crippen LogP contribution < -0.4 is 14.5 Å². The largest absolute Gasteiger partial charge is 0.488 e. The third-order valence-corrected chi connectivity index (χ3v) is 7.81. The van der Waals surface area contributed by atoms with E-state index in [9.17, 15) is 13.2 Å². The minimum atomic E-state index is -4.05. The minimum Gasteiger partial charge on any atom is -0.488 e. The second-order valence-electron chi connectivity index (χ2n) is 8.36. The van der Waals surface area contributed by atoms with Crippen LogP contribution in [-0.2, 0) is 21.4 Å². The number of hydrogen-bond acceptors (Lipinski definition) is 5. The summed E-state index contributed by atoms with van der Waals surface area (Å²) in [5, 5.41) is 4.43. The van der Waals surface area contributed by atoms with E-state index in [1.54, 1.807) is 42.5 Å². The number of nitrogens with one attached hydrogen (secondary N) is 1. The van der Waals surface area contributed by atoms with Crippen molar-refractivity contribution in [3.8, 4) is 5.75 Å². The summed E-state index contributed by atoms with van der Waals surface area (Å²) in [6.07, 6.45) is 1.46. The molecule has 4 rings (SSSR count). The van der Waals surface area contributed by atoms with E-state index in [2.05, 4.69) is 10.5 Å². The number of amides is 1. The van der Waals surface area contributed by atoms with Crippen LogP contribution in [0.25, 0.3) is 0 Å². The van der Waals surface area contributed by atoms with Crippen LogP contribution in [0.1, 0.15) is 16.7 Å². The van der Waals surface area contributed by atoms with E-state index in [0.717, 1.165) is 15.4 Å². The summed E-state index contributed by atoms with van der Waals surface area (Å²) >= 11 is 6.26. The predicted octanol–water partition coefficient (Wildman–Crippen LogP) is 5.57. The van der Waals surface area contributed by atoms with Crippen LogP contribution in [0.15, 0.2) is 113 Å². The maximum absolute atomic E-state index is 13.4. The number of carbonyl (C=O) groups is 1. The third kappa shape index (κ3) is 6.79. The van der Waals surface area contributed by atoms with Crippen molar-refractivity contribution in [1.82, 2.24) is 5.43 Å². The van der Waals surface area contributed by atoms with E-state index >= 15 is 0 Å². The number of hydrogen-bond donors (Lipinski definition) is 1. The van der Waals surface area contributed by atoms with Crippen molar-refractivity contribution in [1.29, 1.82) is 0 Å². The van der Waals surface area contributed by atoms with Crippen molar-refractivity contribution in [2.75, 3.05) is 10.8 Å². The van der Waals surface area contributed by atoms with Crippen molar-refractivity contribution in [2.45, 2.75) is 18.4 Å². The first kappa shape index (κ1) is 26.9. The molecule has 38 heavy (non-hydrogen) atoms. The number of benzene rings is 4. The average Bonchev–Trinajstić information content (AvgIpc) is 2.94. The highest BCUT2D eigenvalue weighted by molar-refractivity contribution is 7.92. The standard InChI is InChI=1S/C29H26ClN3O4S/c1-22-16-17-25(18-27(22)30)33(38(35,36)26-13-6-3-7-14-26)20-29(34)32-31-19-24-12-8-9-15-28(24)37-21-23-10-4-2-5-11-23/h2-19H,20-21H2,1H3,(H,32,34)/b31-19-. The quantitative estimate of drug-likeness (QED) is 0.207. The zero-order valence-electron chi connectivity index (χ0n) is 20.6. The Hall–Kier alpha value is -4.14. The van der Waals surface area contributed by atoms with Crippen LogP contribution in [0.3, 0.4) is 0 Å². The number of halogens is 1. The molecule has 0 saturated heterocycles. The first-order valence-corrected chi connectivity index (χ1v) is 13.6. The molecule has 0 radical (unpaired) electrons. The molecule has 0 atom stereocenters. The van der Waals surface area contributed by atoms with Gasteiger partial charge in [0.05, 0.1) is 16.8 Å². The number of sulfonamides is 1. The van der Waals surface area contributed by atoms with Crippen LogP contribution in [0.4, 0.5) is 5.69 Å². The molecule has 194 valence electrons. The molecule has 0 unspecified atom stereocenters. The molecule has 9 heteroatoms. The van der Waals surface area contributed by atoms with Crippen LogP contribution >= 0.6 is 11.6 Å². The highest BCUT2D eigenvalue weighted by atomic mass is 35.5. The normalized spacial score (nSPS) is 11.3. The lowest BCUT2D eigenvalue weighted by Gasteiger charge is -2.24.